The molecular formula is C12H10N4. The van der Waals surface area contributed by atoms with E-state index in [9.17, 15) is 0 Å². The van der Waals surface area contributed by atoms with Crippen molar-refractivity contribution >= 4 is 17.5 Å². The number of H-pyrrole nitrogens is 1. The van der Waals surface area contributed by atoms with Crippen LogP contribution in [0.3, 0.4) is 0 Å². The summed E-state index contributed by atoms with van der Waals surface area (Å²) in [7, 11) is 0. The lowest BCUT2D eigenvalue weighted by Crippen LogP contribution is -2.00. The van der Waals surface area contributed by atoms with Crippen LogP contribution < -0.4 is 5.43 Å². The Kier molecular flexibility index (Phi) is 2.04. The standard InChI is InChI=1S/C12H10N4/c1-2-4-10-9(3-1)5-6-11(16-15-10)12-7-8-13-14-12/h1-8,15H,(H,13,14). The number of nitrogens with zero attached hydrogens (tertiary/aromatic N) is 2. The van der Waals surface area contributed by atoms with Crippen LogP contribution in [0.25, 0.3) is 6.08 Å². The number of aromatic amines is 1. The first kappa shape index (κ1) is 8.91. The molecule has 2 heterocycles. The van der Waals surface area contributed by atoms with Crippen LogP contribution in [0.2, 0.25) is 0 Å². The molecule has 0 unspecified atom stereocenters. The summed E-state index contributed by atoms with van der Waals surface area (Å²) < 4.78 is 0. The molecule has 0 atom stereocenters. The highest BCUT2D eigenvalue weighted by Gasteiger charge is 2.06. The number of allylic oxidation sites excluding steroid dienone is 1. The van der Waals surface area contributed by atoms with Crippen molar-refractivity contribution in [3.63, 3.8) is 0 Å². The Balaban J connectivity index is 2.01. The number of hydrogen-bond donors (Lipinski definition) is 2. The fourth-order valence-electron chi connectivity index (χ4n) is 1.62. The molecule has 78 valence electrons. The summed E-state index contributed by atoms with van der Waals surface area (Å²) in [6.45, 7) is 0. The number of para-hydroxylation sites is 1. The van der Waals surface area contributed by atoms with Gasteiger partial charge in [0.1, 0.15) is 5.71 Å². The molecule has 1 aromatic heterocycles. The average molecular weight is 210 g/mol. The van der Waals surface area contributed by atoms with Crippen LogP contribution in [0.15, 0.2) is 47.7 Å². The maximum Gasteiger partial charge on any atom is 0.108 e. The van der Waals surface area contributed by atoms with E-state index in [-0.39, 0.29) is 0 Å². The zero-order valence-corrected chi connectivity index (χ0v) is 8.51. The van der Waals surface area contributed by atoms with Gasteiger partial charge in [-0.15, -0.1) is 0 Å². The molecule has 3 rings (SSSR count). The quantitative estimate of drug-likeness (QED) is 0.758. The van der Waals surface area contributed by atoms with Gasteiger partial charge >= 0.3 is 0 Å². The lowest BCUT2D eigenvalue weighted by Gasteiger charge is -2.01. The third kappa shape index (κ3) is 1.50. The first-order valence-electron chi connectivity index (χ1n) is 5.04. The van der Waals surface area contributed by atoms with Gasteiger partial charge in [0.25, 0.3) is 0 Å². The summed E-state index contributed by atoms with van der Waals surface area (Å²) in [5.41, 5.74) is 6.92. The van der Waals surface area contributed by atoms with Crippen molar-refractivity contribution in [1.29, 1.82) is 0 Å². The van der Waals surface area contributed by atoms with E-state index in [1.54, 1.807) is 6.20 Å². The molecule has 0 spiro atoms. The summed E-state index contributed by atoms with van der Waals surface area (Å²) >= 11 is 0. The van der Waals surface area contributed by atoms with E-state index in [0.29, 0.717) is 0 Å². The Hall–Kier alpha value is -2.36. The average Bonchev–Trinajstić information content (AvgIpc) is 2.76. The number of anilines is 1. The van der Waals surface area contributed by atoms with Crippen molar-refractivity contribution < 1.29 is 0 Å². The third-order valence-electron chi connectivity index (χ3n) is 2.46. The fraction of sp³-hybridized carbons (Fsp3) is 0. The minimum Gasteiger partial charge on any atom is -0.277 e. The van der Waals surface area contributed by atoms with Crippen LogP contribution in [0.5, 0.6) is 0 Å². The van der Waals surface area contributed by atoms with E-state index in [0.717, 1.165) is 22.7 Å². The van der Waals surface area contributed by atoms with Crippen molar-refractivity contribution in [1.82, 2.24) is 10.2 Å². The molecule has 2 N–H and O–H groups in total. The highest BCUT2D eigenvalue weighted by molar-refractivity contribution is 6.10. The minimum absolute atomic E-state index is 0.841. The van der Waals surface area contributed by atoms with Gasteiger partial charge in [-0.3, -0.25) is 10.5 Å². The maximum atomic E-state index is 4.32. The van der Waals surface area contributed by atoms with Gasteiger partial charge in [0.15, 0.2) is 0 Å². The Morgan fingerprint density at radius 2 is 1.94 bits per heavy atom. The van der Waals surface area contributed by atoms with Gasteiger partial charge in [-0.25, -0.2) is 0 Å². The van der Waals surface area contributed by atoms with Crippen molar-refractivity contribution in [2.75, 3.05) is 5.43 Å². The smallest absolute Gasteiger partial charge is 0.108 e. The molecule has 0 aliphatic carbocycles. The van der Waals surface area contributed by atoms with Crippen LogP contribution in [0.1, 0.15) is 11.3 Å². The SMILES string of the molecule is C1=Cc2ccccc2NN=C1c1ccn[nH]1. The molecule has 0 radical (unpaired) electrons. The topological polar surface area (TPSA) is 53.1 Å². The Bertz CT molecular complexity index is 552. The number of rotatable bonds is 1. The van der Waals surface area contributed by atoms with Crippen molar-refractivity contribution in [2.45, 2.75) is 0 Å². The molecule has 0 fully saturated rings. The fourth-order valence-corrected chi connectivity index (χ4v) is 1.62. The molecule has 2 aromatic rings. The second kappa shape index (κ2) is 3.66. The normalized spacial score (nSPS) is 13.6. The summed E-state index contributed by atoms with van der Waals surface area (Å²) in [6, 6.07) is 9.92. The Morgan fingerprint density at radius 1 is 1.00 bits per heavy atom. The minimum atomic E-state index is 0.841. The van der Waals surface area contributed by atoms with Crippen LogP contribution >= 0.6 is 0 Å². The molecule has 16 heavy (non-hydrogen) atoms. The van der Waals surface area contributed by atoms with Crippen LogP contribution in [0, 0.1) is 0 Å². The van der Waals surface area contributed by atoms with Gasteiger partial charge < -0.3 is 0 Å². The number of aromatic nitrogens is 2. The highest BCUT2D eigenvalue weighted by Crippen LogP contribution is 2.19. The molecule has 0 saturated carbocycles. The van der Waals surface area contributed by atoms with Gasteiger partial charge in [0, 0.05) is 6.20 Å². The zero-order chi connectivity index (χ0) is 10.8. The van der Waals surface area contributed by atoms with Gasteiger partial charge in [-0.2, -0.15) is 10.2 Å². The van der Waals surface area contributed by atoms with E-state index in [1.165, 1.54) is 0 Å². The molecule has 1 aliphatic rings. The number of hydrazone groups is 1. The summed E-state index contributed by atoms with van der Waals surface area (Å²) in [6.07, 6.45) is 5.71. The number of hydrogen-bond acceptors (Lipinski definition) is 3. The molecule has 0 bridgehead atoms. The number of nitrogens with one attached hydrogen (secondary N) is 2. The van der Waals surface area contributed by atoms with Gasteiger partial charge in [-0.05, 0) is 23.8 Å². The predicted molar refractivity (Wildman–Crippen MR) is 64.2 cm³/mol. The summed E-state index contributed by atoms with van der Waals surface area (Å²) in [5.74, 6) is 0. The van der Waals surface area contributed by atoms with Crippen molar-refractivity contribution in [2.24, 2.45) is 5.10 Å². The molecule has 1 aliphatic heterocycles. The molecule has 4 nitrogen and oxygen atoms in total. The number of benzene rings is 1. The summed E-state index contributed by atoms with van der Waals surface area (Å²) in [4.78, 5) is 0. The summed E-state index contributed by atoms with van der Waals surface area (Å²) in [5, 5.41) is 11.1. The van der Waals surface area contributed by atoms with Crippen molar-refractivity contribution in [3.8, 4) is 0 Å². The monoisotopic (exact) mass is 210 g/mol. The maximum absolute atomic E-state index is 4.32. The lowest BCUT2D eigenvalue weighted by molar-refractivity contribution is 1.08. The first-order chi connectivity index (χ1) is 7.93. The van der Waals surface area contributed by atoms with E-state index in [2.05, 4.69) is 20.7 Å². The third-order valence-corrected chi connectivity index (χ3v) is 2.46. The van der Waals surface area contributed by atoms with E-state index < -0.39 is 0 Å². The van der Waals surface area contributed by atoms with Crippen LogP contribution in [0.4, 0.5) is 5.69 Å². The van der Waals surface area contributed by atoms with Gasteiger partial charge in [-0.1, -0.05) is 24.3 Å². The Morgan fingerprint density at radius 3 is 2.81 bits per heavy atom. The lowest BCUT2D eigenvalue weighted by atomic mass is 10.1. The largest absolute Gasteiger partial charge is 0.277 e. The van der Waals surface area contributed by atoms with Crippen molar-refractivity contribution in [3.05, 3.63) is 53.9 Å². The highest BCUT2D eigenvalue weighted by atomic mass is 15.3. The predicted octanol–water partition coefficient (Wildman–Crippen LogP) is 2.25. The van der Waals surface area contributed by atoms with Gasteiger partial charge in [0.2, 0.25) is 0 Å². The molecule has 0 saturated heterocycles. The number of fused-ring (bicyclic) bond motifs is 1. The zero-order valence-electron chi connectivity index (χ0n) is 8.51. The second-order valence-corrected chi connectivity index (χ2v) is 3.50. The molecule has 1 aromatic carbocycles. The van der Waals surface area contributed by atoms with E-state index in [4.69, 9.17) is 0 Å². The molecular weight excluding hydrogens is 200 g/mol. The van der Waals surface area contributed by atoms with E-state index in [1.807, 2.05) is 42.5 Å². The molecule has 4 heteroatoms. The van der Waals surface area contributed by atoms with Gasteiger partial charge in [0.05, 0.1) is 11.4 Å². The molecule has 0 amide bonds. The first-order valence-corrected chi connectivity index (χ1v) is 5.04. The van der Waals surface area contributed by atoms with E-state index >= 15 is 0 Å². The van der Waals surface area contributed by atoms with Crippen LogP contribution in [-0.4, -0.2) is 15.9 Å². The second-order valence-electron chi connectivity index (χ2n) is 3.50. The Labute approximate surface area is 92.7 Å². The van der Waals surface area contributed by atoms with Crippen LogP contribution in [-0.2, 0) is 0 Å².